The largest absolute Gasteiger partial charge is 0.311 e. The molecule has 1 unspecified atom stereocenters. The average molecular weight is 232 g/mol. The molecule has 1 atom stereocenters. The van der Waals surface area contributed by atoms with E-state index in [0.29, 0.717) is 0 Å². The van der Waals surface area contributed by atoms with Gasteiger partial charge >= 0.3 is 0 Å². The molecule has 2 rings (SSSR count). The molecule has 1 aliphatic heterocycles. The summed E-state index contributed by atoms with van der Waals surface area (Å²) in [6.07, 6.45) is 2.79. The molecule has 2 heteroatoms. The van der Waals surface area contributed by atoms with E-state index in [1.165, 1.54) is 38.0 Å². The predicted molar refractivity (Wildman–Crippen MR) is 73.0 cm³/mol. The molecule has 0 radical (unpaired) electrons. The topological polar surface area (TPSA) is 15.3 Å². The first-order valence-corrected chi connectivity index (χ1v) is 6.81. The van der Waals surface area contributed by atoms with E-state index in [2.05, 4.69) is 47.5 Å². The van der Waals surface area contributed by atoms with Crippen molar-refractivity contribution in [1.29, 1.82) is 0 Å². The number of nitrogens with one attached hydrogen (secondary N) is 1. The van der Waals surface area contributed by atoms with E-state index in [9.17, 15) is 0 Å². The minimum absolute atomic E-state index is 0.887. The average Bonchev–Trinajstić information content (AvgIpc) is 2.36. The monoisotopic (exact) mass is 232 g/mol. The van der Waals surface area contributed by atoms with Gasteiger partial charge in [-0.1, -0.05) is 37.3 Å². The summed E-state index contributed by atoms with van der Waals surface area (Å²) in [7, 11) is 0. The van der Waals surface area contributed by atoms with Gasteiger partial charge in [-0.25, -0.2) is 0 Å². The first kappa shape index (κ1) is 12.6. The molecule has 0 saturated carbocycles. The Morgan fingerprint density at radius 3 is 2.88 bits per heavy atom. The second-order valence-electron chi connectivity index (χ2n) is 5.21. The van der Waals surface area contributed by atoms with Crippen LogP contribution in [-0.2, 0) is 6.54 Å². The maximum Gasteiger partial charge on any atom is 0.0206 e. The van der Waals surface area contributed by atoms with Gasteiger partial charge in [-0.2, -0.15) is 0 Å². The second-order valence-corrected chi connectivity index (χ2v) is 5.21. The summed E-state index contributed by atoms with van der Waals surface area (Å²) in [5, 5.41) is 3.52. The van der Waals surface area contributed by atoms with Gasteiger partial charge in [0.15, 0.2) is 0 Å². The third-order valence-electron chi connectivity index (χ3n) is 3.52. The first-order valence-electron chi connectivity index (χ1n) is 6.81. The smallest absolute Gasteiger partial charge is 0.0206 e. The van der Waals surface area contributed by atoms with Crippen LogP contribution in [0.5, 0.6) is 0 Å². The van der Waals surface area contributed by atoms with Crippen molar-refractivity contribution in [3.63, 3.8) is 0 Å². The SMILES string of the molecule is CC1CCCN(CCNCc2ccccc2)C1. The molecule has 1 aromatic carbocycles. The summed E-state index contributed by atoms with van der Waals surface area (Å²) in [5.74, 6) is 0.887. The zero-order valence-electron chi connectivity index (χ0n) is 10.9. The molecule has 0 aromatic heterocycles. The van der Waals surface area contributed by atoms with E-state index in [0.717, 1.165) is 19.0 Å². The van der Waals surface area contributed by atoms with Gasteiger partial charge in [0.05, 0.1) is 0 Å². The molecule has 94 valence electrons. The molecule has 1 aliphatic rings. The summed E-state index contributed by atoms with van der Waals surface area (Å²) in [5.41, 5.74) is 1.37. The van der Waals surface area contributed by atoms with Crippen LogP contribution in [0.25, 0.3) is 0 Å². The van der Waals surface area contributed by atoms with Crippen molar-refractivity contribution in [3.05, 3.63) is 35.9 Å². The normalized spacial score (nSPS) is 21.6. The molecule has 1 saturated heterocycles. The van der Waals surface area contributed by atoms with Crippen LogP contribution in [0.2, 0.25) is 0 Å². The van der Waals surface area contributed by atoms with E-state index in [1.807, 2.05) is 0 Å². The van der Waals surface area contributed by atoms with Crippen LogP contribution >= 0.6 is 0 Å². The van der Waals surface area contributed by atoms with Gasteiger partial charge in [-0.05, 0) is 30.9 Å². The maximum atomic E-state index is 3.52. The molecule has 1 fully saturated rings. The lowest BCUT2D eigenvalue weighted by Gasteiger charge is -2.30. The van der Waals surface area contributed by atoms with Crippen molar-refractivity contribution >= 4 is 0 Å². The predicted octanol–water partition coefficient (Wildman–Crippen LogP) is 2.51. The van der Waals surface area contributed by atoms with Crippen molar-refractivity contribution < 1.29 is 0 Å². The fourth-order valence-electron chi connectivity index (χ4n) is 2.56. The van der Waals surface area contributed by atoms with Crippen LogP contribution in [0.4, 0.5) is 0 Å². The standard InChI is InChI=1S/C15H24N2/c1-14-6-5-10-17(13-14)11-9-16-12-15-7-3-2-4-8-15/h2-4,7-8,14,16H,5-6,9-13H2,1H3. The van der Waals surface area contributed by atoms with Crippen LogP contribution < -0.4 is 5.32 Å². The highest BCUT2D eigenvalue weighted by Gasteiger charge is 2.14. The lowest BCUT2D eigenvalue weighted by Crippen LogP contribution is -2.38. The molecular weight excluding hydrogens is 208 g/mol. The molecule has 0 amide bonds. The highest BCUT2D eigenvalue weighted by atomic mass is 15.1. The van der Waals surface area contributed by atoms with Gasteiger partial charge in [0, 0.05) is 26.2 Å². The zero-order valence-corrected chi connectivity index (χ0v) is 10.9. The van der Waals surface area contributed by atoms with Gasteiger partial charge in [-0.15, -0.1) is 0 Å². The Hall–Kier alpha value is -0.860. The number of hydrogen-bond donors (Lipinski definition) is 1. The number of piperidine rings is 1. The summed E-state index contributed by atoms with van der Waals surface area (Å²) in [6, 6.07) is 10.6. The zero-order chi connectivity index (χ0) is 11.9. The first-order chi connectivity index (χ1) is 8.34. The van der Waals surface area contributed by atoms with E-state index in [1.54, 1.807) is 0 Å². The quantitative estimate of drug-likeness (QED) is 0.785. The van der Waals surface area contributed by atoms with E-state index < -0.39 is 0 Å². The number of rotatable bonds is 5. The number of nitrogens with zero attached hydrogens (tertiary/aromatic N) is 1. The Morgan fingerprint density at radius 2 is 2.12 bits per heavy atom. The molecule has 2 nitrogen and oxygen atoms in total. The van der Waals surface area contributed by atoms with E-state index in [-0.39, 0.29) is 0 Å². The minimum Gasteiger partial charge on any atom is -0.311 e. The van der Waals surface area contributed by atoms with Crippen LogP contribution in [-0.4, -0.2) is 31.1 Å². The summed E-state index contributed by atoms with van der Waals surface area (Å²) >= 11 is 0. The summed E-state index contributed by atoms with van der Waals surface area (Å²) < 4.78 is 0. The fraction of sp³-hybridized carbons (Fsp3) is 0.600. The number of hydrogen-bond acceptors (Lipinski definition) is 2. The summed E-state index contributed by atoms with van der Waals surface area (Å²) in [6.45, 7) is 8.22. The Labute approximate surface area is 105 Å². The molecule has 17 heavy (non-hydrogen) atoms. The van der Waals surface area contributed by atoms with Crippen molar-refractivity contribution in [1.82, 2.24) is 10.2 Å². The second kappa shape index (κ2) is 6.77. The molecule has 0 aliphatic carbocycles. The molecule has 1 N–H and O–H groups in total. The third-order valence-corrected chi connectivity index (χ3v) is 3.52. The van der Waals surface area contributed by atoms with Gasteiger partial charge in [0.25, 0.3) is 0 Å². The van der Waals surface area contributed by atoms with E-state index >= 15 is 0 Å². The third kappa shape index (κ3) is 4.49. The summed E-state index contributed by atoms with van der Waals surface area (Å²) in [4.78, 5) is 2.59. The lowest BCUT2D eigenvalue weighted by molar-refractivity contribution is 0.184. The minimum atomic E-state index is 0.887. The highest BCUT2D eigenvalue weighted by Crippen LogP contribution is 2.14. The lowest BCUT2D eigenvalue weighted by atomic mass is 10.0. The van der Waals surface area contributed by atoms with Crippen LogP contribution in [0.3, 0.4) is 0 Å². The number of benzene rings is 1. The van der Waals surface area contributed by atoms with Gasteiger partial charge in [0.2, 0.25) is 0 Å². The fourth-order valence-corrected chi connectivity index (χ4v) is 2.56. The highest BCUT2D eigenvalue weighted by molar-refractivity contribution is 5.14. The Balaban J connectivity index is 1.60. The van der Waals surface area contributed by atoms with Gasteiger partial charge < -0.3 is 10.2 Å². The van der Waals surface area contributed by atoms with Crippen molar-refractivity contribution in [2.24, 2.45) is 5.92 Å². The van der Waals surface area contributed by atoms with Crippen LogP contribution in [0.1, 0.15) is 25.3 Å². The molecule has 1 heterocycles. The number of likely N-dealkylation sites (tertiary alicyclic amines) is 1. The van der Waals surface area contributed by atoms with Crippen molar-refractivity contribution in [2.45, 2.75) is 26.3 Å². The van der Waals surface area contributed by atoms with Crippen molar-refractivity contribution in [3.8, 4) is 0 Å². The van der Waals surface area contributed by atoms with Gasteiger partial charge in [-0.3, -0.25) is 0 Å². The molecule has 0 bridgehead atoms. The molecular formula is C15H24N2. The van der Waals surface area contributed by atoms with Crippen LogP contribution in [0, 0.1) is 5.92 Å². The van der Waals surface area contributed by atoms with Gasteiger partial charge in [0.1, 0.15) is 0 Å². The van der Waals surface area contributed by atoms with Crippen molar-refractivity contribution in [2.75, 3.05) is 26.2 Å². The maximum absolute atomic E-state index is 3.52. The van der Waals surface area contributed by atoms with Crippen LogP contribution in [0.15, 0.2) is 30.3 Å². The Morgan fingerprint density at radius 1 is 1.29 bits per heavy atom. The molecule has 1 aromatic rings. The Bertz CT molecular complexity index is 310. The Kier molecular flexibility index (Phi) is 5.02. The molecule has 0 spiro atoms. The van der Waals surface area contributed by atoms with E-state index in [4.69, 9.17) is 0 Å².